The highest BCUT2D eigenvalue weighted by Crippen LogP contribution is 2.35. The summed E-state index contributed by atoms with van der Waals surface area (Å²) in [5.41, 5.74) is 4.05. The van der Waals surface area contributed by atoms with E-state index in [1.165, 1.54) is 25.6 Å². The first kappa shape index (κ1) is 21.5. The van der Waals surface area contributed by atoms with Crippen molar-refractivity contribution < 1.29 is 9.59 Å². The Hall–Kier alpha value is -2.18. The molecule has 29 heavy (non-hydrogen) atoms. The second-order valence-corrected chi connectivity index (χ2v) is 9.71. The van der Waals surface area contributed by atoms with E-state index in [0.29, 0.717) is 10.7 Å². The second-order valence-electron chi connectivity index (χ2n) is 8.15. The molecule has 5 nitrogen and oxygen atoms in total. The van der Waals surface area contributed by atoms with Gasteiger partial charge in [0.15, 0.2) is 17.2 Å². The second kappa shape index (κ2) is 7.92. The van der Waals surface area contributed by atoms with Crippen LogP contribution in [0, 0.1) is 6.92 Å². The summed E-state index contributed by atoms with van der Waals surface area (Å²) in [6, 6.07) is 9.49. The Morgan fingerprint density at radius 1 is 1.10 bits per heavy atom. The monoisotopic (exact) mass is 429 g/mol. The number of rotatable bonds is 5. The molecule has 0 aliphatic heterocycles. The van der Waals surface area contributed by atoms with Gasteiger partial charge in [0.2, 0.25) is 0 Å². The third kappa shape index (κ3) is 4.38. The van der Waals surface area contributed by atoms with Crippen molar-refractivity contribution in [3.63, 3.8) is 0 Å². The van der Waals surface area contributed by atoms with Crippen LogP contribution in [0.5, 0.6) is 0 Å². The summed E-state index contributed by atoms with van der Waals surface area (Å²) in [4.78, 5) is 29.0. The quantitative estimate of drug-likeness (QED) is 0.313. The molecule has 7 heteroatoms. The summed E-state index contributed by atoms with van der Waals surface area (Å²) in [6.07, 6.45) is 0. The molecule has 0 saturated heterocycles. The summed E-state index contributed by atoms with van der Waals surface area (Å²) < 4.78 is 1.73. The van der Waals surface area contributed by atoms with Crippen LogP contribution >= 0.6 is 23.4 Å². The van der Waals surface area contributed by atoms with Gasteiger partial charge in [-0.1, -0.05) is 56.3 Å². The number of thioether (sulfide) groups is 1. The van der Waals surface area contributed by atoms with Crippen molar-refractivity contribution in [1.82, 2.24) is 14.6 Å². The molecule has 0 N–H and O–H groups in total. The van der Waals surface area contributed by atoms with Crippen molar-refractivity contribution in [1.29, 1.82) is 0 Å². The summed E-state index contributed by atoms with van der Waals surface area (Å²) in [6.45, 7) is 11.1. The van der Waals surface area contributed by atoms with Gasteiger partial charge in [0.1, 0.15) is 10.3 Å². The lowest BCUT2D eigenvalue weighted by molar-refractivity contribution is -0.123. The maximum Gasteiger partial charge on any atom is 0.164 e. The van der Waals surface area contributed by atoms with Gasteiger partial charge in [0.05, 0.1) is 11.4 Å². The van der Waals surface area contributed by atoms with Crippen molar-refractivity contribution in [2.24, 2.45) is 0 Å². The normalized spacial score (nSPS) is 12.0. The molecule has 0 fully saturated rings. The van der Waals surface area contributed by atoms with E-state index >= 15 is 0 Å². The lowest BCUT2D eigenvalue weighted by Gasteiger charge is -2.20. The average molecular weight is 430 g/mol. The molecule has 2 heterocycles. The number of halogens is 1. The van der Waals surface area contributed by atoms with Crippen molar-refractivity contribution >= 4 is 40.6 Å². The zero-order valence-corrected chi connectivity index (χ0v) is 19.0. The number of ketones is 2. The van der Waals surface area contributed by atoms with Crippen LogP contribution in [0.1, 0.15) is 46.0 Å². The van der Waals surface area contributed by atoms with Crippen molar-refractivity contribution in [2.45, 2.75) is 57.2 Å². The van der Waals surface area contributed by atoms with Crippen LogP contribution in [0.2, 0.25) is 5.02 Å². The molecular weight excluding hydrogens is 406 g/mol. The van der Waals surface area contributed by atoms with E-state index in [2.05, 4.69) is 25.9 Å². The van der Waals surface area contributed by atoms with Gasteiger partial charge in [-0.2, -0.15) is 5.10 Å². The maximum atomic E-state index is 12.0. The van der Waals surface area contributed by atoms with Crippen LogP contribution in [-0.4, -0.2) is 31.4 Å². The first-order chi connectivity index (χ1) is 13.5. The van der Waals surface area contributed by atoms with Crippen LogP contribution in [-0.2, 0) is 15.0 Å². The van der Waals surface area contributed by atoms with Crippen molar-refractivity contribution in [3.05, 3.63) is 46.7 Å². The highest BCUT2D eigenvalue weighted by atomic mass is 35.5. The molecule has 152 valence electrons. The third-order valence-electron chi connectivity index (χ3n) is 4.61. The third-order valence-corrected chi connectivity index (χ3v) is 6.29. The summed E-state index contributed by atoms with van der Waals surface area (Å²) in [5, 5.41) is 5.30. The van der Waals surface area contributed by atoms with Gasteiger partial charge in [0.25, 0.3) is 0 Å². The number of aromatic nitrogens is 3. The minimum atomic E-state index is -0.767. The van der Waals surface area contributed by atoms with Gasteiger partial charge in [-0.3, -0.25) is 9.59 Å². The zero-order chi connectivity index (χ0) is 21.5. The minimum Gasteiger partial charge on any atom is -0.298 e. The molecule has 0 unspecified atom stereocenters. The van der Waals surface area contributed by atoms with Gasteiger partial charge in [-0.25, -0.2) is 9.50 Å². The van der Waals surface area contributed by atoms with E-state index in [0.717, 1.165) is 27.5 Å². The summed E-state index contributed by atoms with van der Waals surface area (Å²) >= 11 is 7.28. The summed E-state index contributed by atoms with van der Waals surface area (Å²) in [5.74, 6) is -0.349. The Morgan fingerprint density at radius 3 is 2.21 bits per heavy atom. The Kier molecular flexibility index (Phi) is 5.88. The average Bonchev–Trinajstić information content (AvgIpc) is 2.95. The van der Waals surface area contributed by atoms with Gasteiger partial charge in [0, 0.05) is 16.0 Å². The number of carbonyl (C=O) groups excluding carboxylic acids is 2. The Balaban J connectivity index is 2.29. The molecule has 2 aromatic heterocycles. The van der Waals surface area contributed by atoms with Gasteiger partial charge >= 0.3 is 0 Å². The predicted octanol–water partition coefficient (Wildman–Crippen LogP) is 5.29. The molecule has 0 aliphatic rings. The SMILES string of the molecule is CC(=O)C(Sc1cc(C(C)(C)C)nc2c(-c3ccc(Cl)cc3)c(C)nn12)C(C)=O. The maximum absolute atomic E-state index is 12.0. The number of hydrogen-bond acceptors (Lipinski definition) is 5. The minimum absolute atomic E-state index is 0.174. The molecule has 3 aromatic rings. The first-order valence-electron chi connectivity index (χ1n) is 9.33. The highest BCUT2D eigenvalue weighted by molar-refractivity contribution is 8.01. The zero-order valence-electron chi connectivity index (χ0n) is 17.4. The number of fused-ring (bicyclic) bond motifs is 1. The number of aryl methyl sites for hydroxylation is 1. The Labute approximate surface area is 179 Å². The lowest BCUT2D eigenvalue weighted by atomic mass is 9.92. The molecule has 1 aromatic carbocycles. The van der Waals surface area contributed by atoms with E-state index < -0.39 is 5.25 Å². The van der Waals surface area contributed by atoms with Crippen LogP contribution < -0.4 is 0 Å². The standard InChI is InChI=1S/C22H24ClN3O2S/c1-12-19(15-7-9-16(23)10-8-15)21-24-17(22(4,5)6)11-18(26(21)25-12)29-20(13(2)27)14(3)28/h7-11,20H,1-6H3. The van der Waals surface area contributed by atoms with Crippen molar-refractivity contribution in [3.8, 4) is 11.1 Å². The number of nitrogens with zero attached hydrogens (tertiary/aromatic N) is 3. The first-order valence-corrected chi connectivity index (χ1v) is 10.6. The van der Waals surface area contributed by atoms with Crippen LogP contribution in [0.15, 0.2) is 35.4 Å². The van der Waals surface area contributed by atoms with Gasteiger partial charge in [-0.15, -0.1) is 0 Å². The highest BCUT2D eigenvalue weighted by Gasteiger charge is 2.27. The number of carbonyl (C=O) groups is 2. The number of hydrogen-bond donors (Lipinski definition) is 0. The molecule has 0 bridgehead atoms. The smallest absolute Gasteiger partial charge is 0.164 e. The molecule has 0 aliphatic carbocycles. The fourth-order valence-corrected chi connectivity index (χ4v) is 4.20. The molecule has 0 spiro atoms. The summed E-state index contributed by atoms with van der Waals surface area (Å²) in [7, 11) is 0. The molecule has 0 amide bonds. The lowest BCUT2D eigenvalue weighted by Crippen LogP contribution is -2.23. The van der Waals surface area contributed by atoms with Crippen LogP contribution in [0.4, 0.5) is 0 Å². The van der Waals surface area contributed by atoms with Crippen LogP contribution in [0.3, 0.4) is 0 Å². The van der Waals surface area contributed by atoms with Gasteiger partial charge in [-0.05, 0) is 44.5 Å². The molecular formula is C22H24ClN3O2S. The van der Waals surface area contributed by atoms with E-state index in [-0.39, 0.29) is 17.0 Å². The van der Waals surface area contributed by atoms with Crippen LogP contribution in [0.25, 0.3) is 16.8 Å². The van der Waals surface area contributed by atoms with Crippen molar-refractivity contribution in [2.75, 3.05) is 0 Å². The fourth-order valence-electron chi connectivity index (χ4n) is 3.09. The van der Waals surface area contributed by atoms with E-state index in [4.69, 9.17) is 16.6 Å². The Bertz CT molecular complexity index is 1080. The Morgan fingerprint density at radius 2 is 1.69 bits per heavy atom. The molecule has 0 atom stereocenters. The molecule has 3 rings (SSSR count). The number of benzene rings is 1. The largest absolute Gasteiger partial charge is 0.298 e. The van der Waals surface area contributed by atoms with Gasteiger partial charge < -0.3 is 0 Å². The topological polar surface area (TPSA) is 64.3 Å². The number of Topliss-reactive ketones (excluding diaryl/α,β-unsaturated/α-hetero) is 2. The molecule has 0 saturated carbocycles. The predicted molar refractivity (Wildman–Crippen MR) is 118 cm³/mol. The van der Waals surface area contributed by atoms with E-state index in [9.17, 15) is 9.59 Å². The fraction of sp³-hybridized carbons (Fsp3) is 0.364. The van der Waals surface area contributed by atoms with E-state index in [1.807, 2.05) is 37.3 Å². The molecule has 0 radical (unpaired) electrons. The van der Waals surface area contributed by atoms with E-state index in [1.54, 1.807) is 4.52 Å².